The maximum Gasteiger partial charge on any atom is 0.315 e. The maximum atomic E-state index is 12.2. The Labute approximate surface area is 133 Å². The Kier molecular flexibility index (Phi) is 7.43. The van der Waals surface area contributed by atoms with Gasteiger partial charge in [0.05, 0.1) is 0 Å². The molecular formula is C17H27N3O2. The summed E-state index contributed by atoms with van der Waals surface area (Å²) in [6.07, 6.45) is 2.08. The molecule has 0 saturated heterocycles. The molecule has 2 N–H and O–H groups in total. The Morgan fingerprint density at radius 3 is 2.36 bits per heavy atom. The highest BCUT2D eigenvalue weighted by Gasteiger charge is 2.11. The molecular weight excluding hydrogens is 278 g/mol. The fourth-order valence-corrected chi connectivity index (χ4v) is 1.98. The molecule has 0 aliphatic heterocycles. The molecule has 5 heteroatoms. The van der Waals surface area contributed by atoms with Gasteiger partial charge < -0.3 is 15.5 Å². The van der Waals surface area contributed by atoms with Crippen LogP contribution in [0.5, 0.6) is 0 Å². The molecule has 1 aromatic carbocycles. The van der Waals surface area contributed by atoms with Gasteiger partial charge in [0.15, 0.2) is 0 Å². The Balaban J connectivity index is 2.52. The first-order valence-corrected chi connectivity index (χ1v) is 7.82. The largest absolute Gasteiger partial charge is 0.342 e. The molecule has 0 fully saturated rings. The van der Waals surface area contributed by atoms with E-state index in [1.54, 1.807) is 4.90 Å². The second kappa shape index (κ2) is 9.07. The first-order valence-electron chi connectivity index (χ1n) is 7.82. The molecule has 0 heterocycles. The molecule has 0 aliphatic rings. The predicted molar refractivity (Wildman–Crippen MR) is 88.8 cm³/mol. The van der Waals surface area contributed by atoms with Crippen molar-refractivity contribution in [1.29, 1.82) is 0 Å². The topological polar surface area (TPSA) is 61.4 Å². The zero-order valence-corrected chi connectivity index (χ0v) is 14.0. The minimum atomic E-state index is -0.186. The summed E-state index contributed by atoms with van der Waals surface area (Å²) in [5.74, 6) is 0.0329. The van der Waals surface area contributed by atoms with Crippen molar-refractivity contribution in [3.8, 4) is 0 Å². The highest BCUT2D eigenvalue weighted by atomic mass is 16.2. The number of benzene rings is 1. The van der Waals surface area contributed by atoms with Crippen LogP contribution in [0.2, 0.25) is 0 Å². The Hall–Kier alpha value is -2.04. The lowest BCUT2D eigenvalue weighted by molar-refractivity contribution is 0.0793. The smallest absolute Gasteiger partial charge is 0.315 e. The molecule has 0 aliphatic carbocycles. The number of nitrogens with zero attached hydrogens (tertiary/aromatic N) is 1. The molecule has 1 aromatic rings. The van der Waals surface area contributed by atoms with Crippen molar-refractivity contribution in [1.82, 2.24) is 15.5 Å². The van der Waals surface area contributed by atoms with Crippen molar-refractivity contribution in [3.63, 3.8) is 0 Å². The van der Waals surface area contributed by atoms with Gasteiger partial charge in [-0.2, -0.15) is 0 Å². The summed E-state index contributed by atoms with van der Waals surface area (Å²) in [5.41, 5.74) is 1.64. The van der Waals surface area contributed by atoms with Crippen molar-refractivity contribution in [2.24, 2.45) is 0 Å². The zero-order chi connectivity index (χ0) is 16.5. The number of hydrogen-bond acceptors (Lipinski definition) is 2. The number of rotatable bonds is 7. The van der Waals surface area contributed by atoms with Crippen LogP contribution in [0.3, 0.4) is 0 Å². The van der Waals surface area contributed by atoms with E-state index in [4.69, 9.17) is 0 Å². The van der Waals surface area contributed by atoms with Crippen LogP contribution in [-0.4, -0.2) is 36.5 Å². The SMILES string of the molecule is CCCCN(C)C(=O)c1ccc(CNC(=O)NC(C)C)cc1. The van der Waals surface area contributed by atoms with Gasteiger partial charge in [-0.1, -0.05) is 25.5 Å². The van der Waals surface area contributed by atoms with Crippen LogP contribution in [-0.2, 0) is 6.54 Å². The zero-order valence-electron chi connectivity index (χ0n) is 14.0. The van der Waals surface area contributed by atoms with E-state index in [1.165, 1.54) is 0 Å². The number of unbranched alkanes of at least 4 members (excludes halogenated alkanes) is 1. The maximum absolute atomic E-state index is 12.2. The molecule has 122 valence electrons. The van der Waals surface area contributed by atoms with Crippen LogP contribution in [0.1, 0.15) is 49.5 Å². The van der Waals surface area contributed by atoms with Gasteiger partial charge in [0, 0.05) is 31.7 Å². The first-order chi connectivity index (χ1) is 10.4. The van der Waals surface area contributed by atoms with Gasteiger partial charge in [-0.3, -0.25) is 4.79 Å². The molecule has 0 aromatic heterocycles. The van der Waals surface area contributed by atoms with Crippen molar-refractivity contribution >= 4 is 11.9 Å². The molecule has 22 heavy (non-hydrogen) atoms. The van der Waals surface area contributed by atoms with E-state index in [9.17, 15) is 9.59 Å². The van der Waals surface area contributed by atoms with E-state index < -0.39 is 0 Å². The van der Waals surface area contributed by atoms with Crippen LogP contribution < -0.4 is 10.6 Å². The van der Waals surface area contributed by atoms with Crippen LogP contribution in [0.15, 0.2) is 24.3 Å². The van der Waals surface area contributed by atoms with E-state index in [2.05, 4.69) is 17.6 Å². The number of carbonyl (C=O) groups is 2. The number of urea groups is 1. The van der Waals surface area contributed by atoms with Gasteiger partial charge in [-0.25, -0.2) is 4.79 Å². The van der Waals surface area contributed by atoms with Crippen LogP contribution in [0, 0.1) is 0 Å². The molecule has 3 amide bonds. The molecule has 0 saturated carbocycles. The standard InChI is InChI=1S/C17H27N3O2/c1-5-6-11-20(4)16(21)15-9-7-14(8-10-15)12-18-17(22)19-13(2)3/h7-10,13H,5-6,11-12H2,1-4H3,(H2,18,19,22). The lowest BCUT2D eigenvalue weighted by Gasteiger charge is -2.17. The van der Waals surface area contributed by atoms with Crippen molar-refractivity contribution in [2.75, 3.05) is 13.6 Å². The molecule has 0 atom stereocenters. The Morgan fingerprint density at radius 2 is 1.82 bits per heavy atom. The van der Waals surface area contributed by atoms with Crippen molar-refractivity contribution in [3.05, 3.63) is 35.4 Å². The third-order valence-corrected chi connectivity index (χ3v) is 3.27. The van der Waals surface area contributed by atoms with Crippen LogP contribution in [0.4, 0.5) is 4.79 Å². The Morgan fingerprint density at radius 1 is 1.18 bits per heavy atom. The predicted octanol–water partition coefficient (Wildman–Crippen LogP) is 2.77. The molecule has 0 unspecified atom stereocenters. The second-order valence-electron chi connectivity index (χ2n) is 5.76. The minimum absolute atomic E-state index is 0.0329. The summed E-state index contributed by atoms with van der Waals surface area (Å²) in [5, 5.41) is 5.55. The van der Waals surface area contributed by atoms with Crippen molar-refractivity contribution < 1.29 is 9.59 Å². The number of amides is 3. The second-order valence-corrected chi connectivity index (χ2v) is 5.76. The fraction of sp³-hybridized carbons (Fsp3) is 0.529. The van der Waals surface area contributed by atoms with E-state index in [0.29, 0.717) is 12.1 Å². The van der Waals surface area contributed by atoms with Gasteiger partial charge in [0.1, 0.15) is 0 Å². The number of carbonyl (C=O) groups excluding carboxylic acids is 2. The third-order valence-electron chi connectivity index (χ3n) is 3.27. The Bertz CT molecular complexity index is 483. The highest BCUT2D eigenvalue weighted by molar-refractivity contribution is 5.94. The monoisotopic (exact) mass is 305 g/mol. The van der Waals surface area contributed by atoms with Crippen molar-refractivity contribution in [2.45, 2.75) is 46.2 Å². The van der Waals surface area contributed by atoms with Gasteiger partial charge in [0.2, 0.25) is 0 Å². The summed E-state index contributed by atoms with van der Waals surface area (Å²) in [6.45, 7) is 7.15. The van der Waals surface area contributed by atoms with Gasteiger partial charge in [-0.05, 0) is 38.0 Å². The normalized spacial score (nSPS) is 10.4. The average Bonchev–Trinajstić information content (AvgIpc) is 2.49. The average molecular weight is 305 g/mol. The summed E-state index contributed by atoms with van der Waals surface area (Å²) >= 11 is 0. The van der Waals surface area contributed by atoms with E-state index in [1.807, 2.05) is 45.2 Å². The van der Waals surface area contributed by atoms with E-state index in [0.717, 1.165) is 24.9 Å². The molecule has 5 nitrogen and oxygen atoms in total. The van der Waals surface area contributed by atoms with Gasteiger partial charge in [0.25, 0.3) is 5.91 Å². The molecule has 0 bridgehead atoms. The number of hydrogen-bond donors (Lipinski definition) is 2. The van der Waals surface area contributed by atoms with Crippen LogP contribution in [0.25, 0.3) is 0 Å². The quantitative estimate of drug-likeness (QED) is 0.813. The summed E-state index contributed by atoms with van der Waals surface area (Å²) in [7, 11) is 1.82. The lowest BCUT2D eigenvalue weighted by atomic mass is 10.1. The highest BCUT2D eigenvalue weighted by Crippen LogP contribution is 2.08. The van der Waals surface area contributed by atoms with E-state index in [-0.39, 0.29) is 18.0 Å². The van der Waals surface area contributed by atoms with Gasteiger partial charge >= 0.3 is 6.03 Å². The molecule has 0 spiro atoms. The summed E-state index contributed by atoms with van der Waals surface area (Å²) < 4.78 is 0. The summed E-state index contributed by atoms with van der Waals surface area (Å²) in [4.78, 5) is 25.4. The lowest BCUT2D eigenvalue weighted by Crippen LogP contribution is -2.39. The first kappa shape index (κ1) is 18.0. The molecule has 1 rings (SSSR count). The fourth-order valence-electron chi connectivity index (χ4n) is 1.98. The van der Waals surface area contributed by atoms with E-state index >= 15 is 0 Å². The van der Waals surface area contributed by atoms with Gasteiger partial charge in [-0.15, -0.1) is 0 Å². The van der Waals surface area contributed by atoms with Crippen LogP contribution >= 0.6 is 0 Å². The molecule has 0 radical (unpaired) electrons. The third kappa shape index (κ3) is 6.16. The number of nitrogens with one attached hydrogen (secondary N) is 2. The minimum Gasteiger partial charge on any atom is -0.342 e. The summed E-state index contributed by atoms with van der Waals surface area (Å²) in [6, 6.07) is 7.28.